The molecule has 0 bridgehead atoms. The van der Waals surface area contributed by atoms with Gasteiger partial charge in [-0.2, -0.15) is 4.73 Å². The Morgan fingerprint density at radius 1 is 1.19 bits per heavy atom. The van der Waals surface area contributed by atoms with Crippen LogP contribution in [-0.2, 0) is 0 Å². The molecule has 0 aliphatic carbocycles. The third-order valence-corrected chi connectivity index (χ3v) is 5.55. The van der Waals surface area contributed by atoms with Crippen molar-refractivity contribution in [2.75, 3.05) is 11.9 Å². The average Bonchev–Trinajstić information content (AvgIpc) is 3.13. The lowest BCUT2D eigenvalue weighted by Crippen LogP contribution is -2.18. The summed E-state index contributed by atoms with van der Waals surface area (Å²) < 4.78 is 1.79. The number of hydrogen-bond acceptors (Lipinski definition) is 5. The van der Waals surface area contributed by atoms with E-state index in [1.165, 1.54) is 12.4 Å². The normalized spacial score (nSPS) is 12.0. The molecule has 2 aromatic heterocycles. The smallest absolute Gasteiger partial charge is 0.261 e. The third kappa shape index (κ3) is 4.51. The molecule has 1 unspecified atom stereocenters. The van der Waals surface area contributed by atoms with E-state index in [9.17, 15) is 15.1 Å². The Balaban J connectivity index is 1.64. The van der Waals surface area contributed by atoms with E-state index in [-0.39, 0.29) is 17.9 Å². The Bertz CT molecular complexity index is 1270. The van der Waals surface area contributed by atoms with Crippen molar-refractivity contribution in [2.24, 2.45) is 0 Å². The molecule has 0 fully saturated rings. The minimum Gasteiger partial charge on any atom is -0.426 e. The number of anilines is 1. The minimum absolute atomic E-state index is 0.0829. The summed E-state index contributed by atoms with van der Waals surface area (Å²) in [5.74, 6) is 0.0829. The van der Waals surface area contributed by atoms with E-state index in [2.05, 4.69) is 31.2 Å². The molecule has 4 rings (SSSR count). The van der Waals surface area contributed by atoms with Crippen LogP contribution in [0.25, 0.3) is 22.6 Å². The van der Waals surface area contributed by atoms with Crippen LogP contribution in [0.5, 0.6) is 0 Å². The van der Waals surface area contributed by atoms with E-state index in [4.69, 9.17) is 11.6 Å². The van der Waals surface area contributed by atoms with Gasteiger partial charge in [0.2, 0.25) is 0 Å². The molecule has 0 aliphatic heterocycles. The van der Waals surface area contributed by atoms with E-state index in [1.807, 2.05) is 24.3 Å². The number of benzene rings is 2. The van der Waals surface area contributed by atoms with Crippen molar-refractivity contribution in [2.45, 2.75) is 6.10 Å². The predicted molar refractivity (Wildman–Crippen MR) is 124 cm³/mol. The van der Waals surface area contributed by atoms with Gasteiger partial charge in [-0.1, -0.05) is 51.8 Å². The fourth-order valence-corrected chi connectivity index (χ4v) is 3.68. The van der Waals surface area contributed by atoms with Crippen LogP contribution in [0.2, 0.25) is 5.02 Å². The molecule has 0 saturated heterocycles. The Labute approximate surface area is 191 Å². The van der Waals surface area contributed by atoms with Gasteiger partial charge in [0.1, 0.15) is 11.3 Å². The number of hydrogen-bond donors (Lipinski definition) is 4. The van der Waals surface area contributed by atoms with Crippen LogP contribution >= 0.6 is 27.5 Å². The Morgan fingerprint density at radius 3 is 2.71 bits per heavy atom. The first-order valence-electron chi connectivity index (χ1n) is 9.36. The van der Waals surface area contributed by atoms with Crippen molar-refractivity contribution in [3.05, 3.63) is 92.4 Å². The molecule has 0 saturated carbocycles. The summed E-state index contributed by atoms with van der Waals surface area (Å²) in [6, 6.07) is 15.9. The standard InChI is InChI=1S/C22H18BrClN4O3/c23-15-6-4-13(5-7-15)18-11-27-21(28(18)31)20-17(8-9-25-22(20)30)26-12-19(29)14-2-1-3-16(24)10-14/h1-11,19,29,31H,12H2,(H2,25,26,30). The molecule has 4 aromatic rings. The summed E-state index contributed by atoms with van der Waals surface area (Å²) >= 11 is 9.37. The predicted octanol–water partition coefficient (Wildman–Crippen LogP) is 4.70. The molecule has 0 spiro atoms. The summed E-state index contributed by atoms with van der Waals surface area (Å²) in [4.78, 5) is 19.5. The molecule has 0 amide bonds. The van der Waals surface area contributed by atoms with Gasteiger partial charge in [-0.3, -0.25) is 4.79 Å². The van der Waals surface area contributed by atoms with Crippen LogP contribution in [0, 0.1) is 0 Å². The quantitative estimate of drug-likeness (QED) is 0.287. The van der Waals surface area contributed by atoms with Crippen LogP contribution in [0.1, 0.15) is 11.7 Å². The summed E-state index contributed by atoms with van der Waals surface area (Å²) in [5.41, 5.74) is 1.98. The number of imidazole rings is 1. The lowest BCUT2D eigenvalue weighted by molar-refractivity contribution is 0.191. The highest BCUT2D eigenvalue weighted by Gasteiger charge is 2.20. The molecular formula is C22H18BrClN4O3. The van der Waals surface area contributed by atoms with Gasteiger partial charge in [0.15, 0.2) is 5.82 Å². The first-order valence-corrected chi connectivity index (χ1v) is 10.5. The van der Waals surface area contributed by atoms with Gasteiger partial charge < -0.3 is 20.6 Å². The van der Waals surface area contributed by atoms with E-state index < -0.39 is 11.7 Å². The number of pyridine rings is 1. The number of aromatic nitrogens is 3. The first kappa shape index (κ1) is 21.2. The molecule has 0 radical (unpaired) electrons. The lowest BCUT2D eigenvalue weighted by atomic mass is 10.1. The van der Waals surface area contributed by atoms with Crippen molar-refractivity contribution in [3.63, 3.8) is 0 Å². The second-order valence-electron chi connectivity index (χ2n) is 6.83. The molecular weight excluding hydrogens is 484 g/mol. The van der Waals surface area contributed by atoms with Crippen LogP contribution in [0.3, 0.4) is 0 Å². The van der Waals surface area contributed by atoms with Gasteiger partial charge in [-0.05, 0) is 35.9 Å². The van der Waals surface area contributed by atoms with E-state index in [0.717, 1.165) is 14.8 Å². The van der Waals surface area contributed by atoms with Crippen molar-refractivity contribution in [3.8, 4) is 22.6 Å². The first-order chi connectivity index (χ1) is 14.9. The maximum atomic E-state index is 12.6. The van der Waals surface area contributed by atoms with Crippen LogP contribution in [-0.4, -0.2) is 31.6 Å². The van der Waals surface area contributed by atoms with E-state index >= 15 is 0 Å². The van der Waals surface area contributed by atoms with Crippen molar-refractivity contribution >= 4 is 33.2 Å². The Kier molecular flexibility index (Phi) is 6.13. The number of nitrogens with zero attached hydrogens (tertiary/aromatic N) is 2. The van der Waals surface area contributed by atoms with Gasteiger partial charge in [0.05, 0.1) is 18.0 Å². The molecule has 2 heterocycles. The average molecular weight is 502 g/mol. The molecule has 31 heavy (non-hydrogen) atoms. The highest BCUT2D eigenvalue weighted by molar-refractivity contribution is 9.10. The second kappa shape index (κ2) is 8.97. The van der Waals surface area contributed by atoms with E-state index in [1.54, 1.807) is 30.3 Å². The Morgan fingerprint density at radius 2 is 1.97 bits per heavy atom. The van der Waals surface area contributed by atoms with Gasteiger partial charge in [0, 0.05) is 27.8 Å². The van der Waals surface area contributed by atoms with Crippen molar-refractivity contribution in [1.82, 2.24) is 14.7 Å². The molecule has 7 nitrogen and oxygen atoms in total. The maximum absolute atomic E-state index is 12.6. The zero-order chi connectivity index (χ0) is 22.0. The highest BCUT2D eigenvalue weighted by Crippen LogP contribution is 2.29. The molecule has 158 valence electrons. The van der Waals surface area contributed by atoms with Gasteiger partial charge in [-0.25, -0.2) is 4.98 Å². The fourth-order valence-electron chi connectivity index (χ4n) is 3.22. The molecule has 0 aliphatic rings. The van der Waals surface area contributed by atoms with Gasteiger partial charge in [-0.15, -0.1) is 0 Å². The maximum Gasteiger partial charge on any atom is 0.261 e. The lowest BCUT2D eigenvalue weighted by Gasteiger charge is -2.15. The third-order valence-electron chi connectivity index (χ3n) is 4.78. The highest BCUT2D eigenvalue weighted by atomic mass is 79.9. The van der Waals surface area contributed by atoms with Crippen LogP contribution in [0.15, 0.2) is 76.3 Å². The van der Waals surface area contributed by atoms with Crippen molar-refractivity contribution < 1.29 is 10.3 Å². The van der Waals surface area contributed by atoms with E-state index in [0.29, 0.717) is 22.0 Å². The molecule has 4 N–H and O–H groups in total. The molecule has 1 atom stereocenters. The Hall–Kier alpha value is -3.07. The molecule has 2 aromatic carbocycles. The molecule has 9 heteroatoms. The SMILES string of the molecule is O=c1[nH]ccc(NCC(O)c2cccc(Cl)c2)c1-c1ncc(-c2ccc(Br)cc2)n1O. The number of aliphatic hydroxyl groups excluding tert-OH is 1. The monoisotopic (exact) mass is 500 g/mol. The number of H-pyrrole nitrogens is 1. The van der Waals surface area contributed by atoms with Crippen LogP contribution in [0.4, 0.5) is 5.69 Å². The van der Waals surface area contributed by atoms with Crippen LogP contribution < -0.4 is 10.9 Å². The largest absolute Gasteiger partial charge is 0.426 e. The second-order valence-corrected chi connectivity index (χ2v) is 8.19. The summed E-state index contributed by atoms with van der Waals surface area (Å²) in [5, 5.41) is 24.8. The zero-order valence-electron chi connectivity index (χ0n) is 16.1. The number of nitrogens with one attached hydrogen (secondary N) is 2. The number of aromatic amines is 1. The van der Waals surface area contributed by atoms with Crippen molar-refractivity contribution in [1.29, 1.82) is 0 Å². The summed E-state index contributed by atoms with van der Waals surface area (Å²) in [6.07, 6.45) is 2.13. The number of rotatable bonds is 6. The zero-order valence-corrected chi connectivity index (χ0v) is 18.4. The van der Waals surface area contributed by atoms with Gasteiger partial charge in [0.25, 0.3) is 5.56 Å². The summed E-state index contributed by atoms with van der Waals surface area (Å²) in [6.45, 7) is 0.127. The number of halogens is 2. The summed E-state index contributed by atoms with van der Waals surface area (Å²) in [7, 11) is 0. The van der Waals surface area contributed by atoms with Gasteiger partial charge >= 0.3 is 0 Å². The fraction of sp³-hybridized carbons (Fsp3) is 0.0909. The number of aliphatic hydroxyl groups is 1. The topological polar surface area (TPSA) is 103 Å². The minimum atomic E-state index is -0.849.